The quantitative estimate of drug-likeness (QED) is 0.714. The second-order valence-electron chi connectivity index (χ2n) is 6.94. The molecule has 11 heteroatoms. The number of nitrogens with one attached hydrogen (secondary N) is 1. The predicted octanol–water partition coefficient (Wildman–Crippen LogP) is 1.66. The van der Waals surface area contributed by atoms with Crippen LogP contribution in [0.3, 0.4) is 0 Å². The van der Waals surface area contributed by atoms with Crippen molar-refractivity contribution in [3.8, 4) is 0 Å². The highest BCUT2D eigenvalue weighted by atomic mass is 32.2. The molecule has 0 saturated carbocycles. The summed E-state index contributed by atoms with van der Waals surface area (Å²) in [6.45, 7) is 2.15. The summed E-state index contributed by atoms with van der Waals surface area (Å²) in [5.41, 5.74) is 0.304. The minimum Gasteiger partial charge on any atom is -0.340 e. The van der Waals surface area contributed by atoms with E-state index >= 15 is 0 Å². The predicted molar refractivity (Wildman–Crippen MR) is 107 cm³/mol. The molecule has 1 atom stereocenters. The number of anilines is 1. The molecule has 2 saturated heterocycles. The maximum atomic E-state index is 12.8. The van der Waals surface area contributed by atoms with Crippen molar-refractivity contribution in [3.63, 3.8) is 0 Å². The van der Waals surface area contributed by atoms with Crippen LogP contribution in [0.2, 0.25) is 0 Å². The Balaban J connectivity index is 1.57. The third-order valence-corrected chi connectivity index (χ3v) is 7.36. The van der Waals surface area contributed by atoms with Crippen LogP contribution in [0.4, 0.5) is 14.5 Å². The summed E-state index contributed by atoms with van der Waals surface area (Å²) in [5, 5.41) is 2.62. The maximum Gasteiger partial charge on any atom is 0.341 e. The van der Waals surface area contributed by atoms with Crippen LogP contribution >= 0.6 is 11.8 Å². The Hall–Kier alpha value is -1.72. The average Bonchev–Trinajstić information content (AvgIpc) is 3.16. The van der Waals surface area contributed by atoms with Gasteiger partial charge in [-0.25, -0.2) is 8.42 Å². The first kappa shape index (κ1) is 22.0. The summed E-state index contributed by atoms with van der Waals surface area (Å²) in [7, 11) is -4.67. The first-order valence-electron chi connectivity index (χ1n) is 9.31. The minimum absolute atomic E-state index is 0.0378. The molecule has 0 spiro atoms. The van der Waals surface area contributed by atoms with Gasteiger partial charge in [-0.05, 0) is 43.7 Å². The molecule has 1 aromatic rings. The Morgan fingerprint density at radius 2 is 1.79 bits per heavy atom. The van der Waals surface area contributed by atoms with Crippen molar-refractivity contribution in [2.24, 2.45) is 0 Å². The van der Waals surface area contributed by atoms with E-state index in [1.807, 2.05) is 21.6 Å². The Labute approximate surface area is 172 Å². The monoisotopic (exact) mass is 447 g/mol. The lowest BCUT2D eigenvalue weighted by Gasteiger charge is -2.32. The molecular weight excluding hydrogens is 424 g/mol. The van der Waals surface area contributed by atoms with E-state index in [0.717, 1.165) is 49.6 Å². The van der Waals surface area contributed by atoms with Crippen molar-refractivity contribution in [2.45, 2.75) is 29.5 Å². The molecule has 1 aromatic carbocycles. The number of sulfone groups is 1. The Bertz CT molecular complexity index is 843. The van der Waals surface area contributed by atoms with E-state index in [9.17, 15) is 26.8 Å². The highest BCUT2D eigenvalue weighted by Crippen LogP contribution is 2.22. The molecule has 2 aliphatic heterocycles. The number of halogens is 2. The molecule has 0 radical (unpaired) electrons. The number of hydrogen-bond donors (Lipinski definition) is 1. The van der Waals surface area contributed by atoms with E-state index in [4.69, 9.17) is 0 Å². The van der Waals surface area contributed by atoms with E-state index in [2.05, 4.69) is 5.32 Å². The number of thioether (sulfide) groups is 1. The summed E-state index contributed by atoms with van der Waals surface area (Å²) < 4.78 is 48.0. The van der Waals surface area contributed by atoms with E-state index in [1.54, 1.807) is 0 Å². The molecule has 0 aromatic heterocycles. The second-order valence-corrected chi connectivity index (χ2v) is 10.1. The van der Waals surface area contributed by atoms with E-state index in [-0.39, 0.29) is 24.4 Å². The van der Waals surface area contributed by atoms with Crippen LogP contribution in [0.1, 0.15) is 12.8 Å². The number of amides is 2. The van der Waals surface area contributed by atoms with Gasteiger partial charge >= 0.3 is 5.76 Å². The van der Waals surface area contributed by atoms with Crippen molar-refractivity contribution in [1.29, 1.82) is 0 Å². The van der Waals surface area contributed by atoms with E-state index in [1.165, 1.54) is 12.1 Å². The van der Waals surface area contributed by atoms with Crippen LogP contribution in [0.5, 0.6) is 0 Å². The first-order chi connectivity index (χ1) is 13.8. The number of alkyl halides is 2. The Morgan fingerprint density at radius 3 is 2.41 bits per heavy atom. The van der Waals surface area contributed by atoms with E-state index in [0.29, 0.717) is 12.2 Å². The lowest BCUT2D eigenvalue weighted by Crippen LogP contribution is -2.49. The highest BCUT2D eigenvalue weighted by molar-refractivity contribution is 7.99. The smallest absolute Gasteiger partial charge is 0.340 e. The van der Waals surface area contributed by atoms with Gasteiger partial charge in [-0.15, -0.1) is 0 Å². The van der Waals surface area contributed by atoms with Crippen molar-refractivity contribution in [3.05, 3.63) is 24.3 Å². The van der Waals surface area contributed by atoms with Crippen molar-refractivity contribution in [1.82, 2.24) is 9.80 Å². The molecular formula is C18H23F2N3O4S2. The zero-order chi connectivity index (χ0) is 21.0. The molecule has 1 unspecified atom stereocenters. The van der Waals surface area contributed by atoms with Gasteiger partial charge in [0.1, 0.15) is 0 Å². The number of nitrogens with zero attached hydrogens (tertiary/aromatic N) is 2. The van der Waals surface area contributed by atoms with Gasteiger partial charge in [0.05, 0.1) is 17.5 Å². The van der Waals surface area contributed by atoms with Crippen molar-refractivity contribution in [2.75, 3.05) is 43.0 Å². The third-order valence-electron chi connectivity index (χ3n) is 5.02. The van der Waals surface area contributed by atoms with Crippen LogP contribution in [0.25, 0.3) is 0 Å². The third kappa shape index (κ3) is 5.26. The number of rotatable bonds is 6. The van der Waals surface area contributed by atoms with Gasteiger partial charge in [0, 0.05) is 30.3 Å². The molecule has 0 bridgehead atoms. The molecule has 3 rings (SSSR count). The molecule has 2 fully saturated rings. The lowest BCUT2D eigenvalue weighted by molar-refractivity contribution is -0.136. The molecule has 160 valence electrons. The lowest BCUT2D eigenvalue weighted by atomic mass is 10.2. The number of carbonyl (C=O) groups excluding carboxylic acids is 2. The number of benzene rings is 1. The van der Waals surface area contributed by atoms with Gasteiger partial charge in [0.25, 0.3) is 0 Å². The largest absolute Gasteiger partial charge is 0.341 e. The van der Waals surface area contributed by atoms with Gasteiger partial charge in [-0.3, -0.25) is 14.5 Å². The average molecular weight is 448 g/mol. The molecule has 29 heavy (non-hydrogen) atoms. The number of carbonyl (C=O) groups is 2. The SMILES string of the molecule is O=C(CN1CCCC1C(=O)N1CCSCC1)Nc1ccc(S(=O)(=O)C(F)F)cc1. The van der Waals surface area contributed by atoms with Gasteiger partial charge < -0.3 is 10.2 Å². The van der Waals surface area contributed by atoms with Crippen molar-refractivity contribution < 1.29 is 26.8 Å². The van der Waals surface area contributed by atoms with Crippen LogP contribution in [0.15, 0.2) is 29.2 Å². The normalized spacial score (nSPS) is 20.8. The minimum atomic E-state index is -4.67. The molecule has 0 aliphatic carbocycles. The summed E-state index contributed by atoms with van der Waals surface area (Å²) >= 11 is 1.82. The summed E-state index contributed by atoms with van der Waals surface area (Å²) in [4.78, 5) is 28.4. The number of likely N-dealkylation sites (tertiary alicyclic amines) is 1. The fourth-order valence-corrected chi connectivity index (χ4v) is 5.13. The van der Waals surface area contributed by atoms with Crippen LogP contribution < -0.4 is 5.32 Å². The van der Waals surface area contributed by atoms with Gasteiger partial charge in [0.2, 0.25) is 21.7 Å². The van der Waals surface area contributed by atoms with Gasteiger partial charge in [0.15, 0.2) is 0 Å². The first-order valence-corrected chi connectivity index (χ1v) is 12.0. The summed E-state index contributed by atoms with van der Waals surface area (Å²) in [5.74, 6) is -1.92. The molecule has 2 aliphatic rings. The van der Waals surface area contributed by atoms with Crippen LogP contribution in [-0.2, 0) is 19.4 Å². The van der Waals surface area contributed by atoms with Crippen LogP contribution in [0, 0.1) is 0 Å². The van der Waals surface area contributed by atoms with Gasteiger partial charge in [-0.1, -0.05) is 0 Å². The van der Waals surface area contributed by atoms with Gasteiger partial charge in [-0.2, -0.15) is 20.5 Å². The summed E-state index contributed by atoms with van der Waals surface area (Å²) in [6, 6.07) is 4.31. The molecule has 2 heterocycles. The van der Waals surface area contributed by atoms with Crippen molar-refractivity contribution >= 4 is 39.1 Å². The van der Waals surface area contributed by atoms with Crippen LogP contribution in [-0.4, -0.2) is 79.5 Å². The standard InChI is InChI=1S/C18H23F2N3O4S2/c19-18(20)29(26,27)14-5-3-13(4-6-14)21-16(24)12-23-7-1-2-15(23)17(25)22-8-10-28-11-9-22/h3-6,15,18H,1-2,7-12H2,(H,21,24). The maximum absolute atomic E-state index is 12.8. The second kappa shape index (κ2) is 9.40. The Kier molecular flexibility index (Phi) is 7.12. The summed E-state index contributed by atoms with van der Waals surface area (Å²) in [6.07, 6.45) is 1.56. The molecule has 7 nitrogen and oxygen atoms in total. The zero-order valence-corrected chi connectivity index (χ0v) is 17.4. The molecule has 1 N–H and O–H groups in total. The van der Waals surface area contributed by atoms with E-state index < -0.39 is 20.5 Å². The zero-order valence-electron chi connectivity index (χ0n) is 15.7. The topological polar surface area (TPSA) is 86.8 Å². The highest BCUT2D eigenvalue weighted by Gasteiger charge is 2.35. The fraction of sp³-hybridized carbons (Fsp3) is 0.556. The molecule has 2 amide bonds. The number of hydrogen-bond acceptors (Lipinski definition) is 6. The Morgan fingerprint density at radius 1 is 1.14 bits per heavy atom. The fourth-order valence-electron chi connectivity index (χ4n) is 3.51.